The molecule has 4 aliphatic rings. The zero-order chi connectivity index (χ0) is 13.7. The van der Waals surface area contributed by atoms with E-state index < -0.39 is 0 Å². The first-order chi connectivity index (χ1) is 9.76. The van der Waals surface area contributed by atoms with E-state index in [1.54, 1.807) is 4.90 Å². The fraction of sp³-hybridized carbons (Fsp3) is 0.875. The van der Waals surface area contributed by atoms with Crippen LogP contribution in [0.3, 0.4) is 0 Å². The summed E-state index contributed by atoms with van der Waals surface area (Å²) in [6, 6.07) is 0. The van der Waals surface area contributed by atoms with Crippen molar-refractivity contribution in [3.63, 3.8) is 0 Å². The van der Waals surface area contributed by atoms with Crippen molar-refractivity contribution in [3.8, 4) is 0 Å². The van der Waals surface area contributed by atoms with Crippen LogP contribution in [0, 0.1) is 11.8 Å². The molecule has 0 aromatic carbocycles. The predicted molar refractivity (Wildman–Crippen MR) is 74.7 cm³/mol. The molecule has 20 heavy (non-hydrogen) atoms. The predicted octanol–water partition coefficient (Wildman–Crippen LogP) is 2.14. The van der Waals surface area contributed by atoms with Gasteiger partial charge in [0.25, 0.3) is 0 Å². The Hall–Kier alpha value is -0.900. The van der Waals surface area contributed by atoms with Crippen LogP contribution < -0.4 is 0 Å². The summed E-state index contributed by atoms with van der Waals surface area (Å²) in [5.74, 6) is 1.31. The largest absolute Gasteiger partial charge is 0.280 e. The third-order valence-corrected chi connectivity index (χ3v) is 6.02. The zero-order valence-corrected chi connectivity index (χ0v) is 12.1. The van der Waals surface area contributed by atoms with Gasteiger partial charge in [0.2, 0.25) is 11.8 Å². The Morgan fingerprint density at radius 2 is 1.35 bits per heavy atom. The summed E-state index contributed by atoms with van der Waals surface area (Å²) in [7, 11) is 0. The van der Waals surface area contributed by atoms with Gasteiger partial charge in [0.1, 0.15) is 5.66 Å². The van der Waals surface area contributed by atoms with Crippen molar-refractivity contribution in [2.75, 3.05) is 13.1 Å². The van der Waals surface area contributed by atoms with Gasteiger partial charge in [-0.2, -0.15) is 0 Å². The summed E-state index contributed by atoms with van der Waals surface area (Å²) in [4.78, 5) is 28.9. The number of imide groups is 1. The number of carbonyl (C=O) groups is 2. The Morgan fingerprint density at radius 1 is 0.800 bits per heavy atom. The van der Waals surface area contributed by atoms with Crippen LogP contribution in [0.1, 0.15) is 57.8 Å². The average Bonchev–Trinajstić information content (AvgIpc) is 2.72. The van der Waals surface area contributed by atoms with Crippen LogP contribution in [0.5, 0.6) is 0 Å². The van der Waals surface area contributed by atoms with Crippen molar-refractivity contribution in [3.05, 3.63) is 0 Å². The summed E-state index contributed by atoms with van der Waals surface area (Å²) < 4.78 is 0. The van der Waals surface area contributed by atoms with Crippen molar-refractivity contribution in [2.45, 2.75) is 63.5 Å². The smallest absolute Gasteiger partial charge is 0.231 e. The van der Waals surface area contributed by atoms with E-state index in [0.29, 0.717) is 24.7 Å². The van der Waals surface area contributed by atoms with E-state index >= 15 is 0 Å². The molecule has 2 atom stereocenters. The fourth-order valence-electron chi connectivity index (χ4n) is 5.23. The van der Waals surface area contributed by atoms with Gasteiger partial charge < -0.3 is 0 Å². The van der Waals surface area contributed by atoms with Crippen LogP contribution in [0.4, 0.5) is 0 Å². The molecule has 2 unspecified atom stereocenters. The maximum Gasteiger partial charge on any atom is 0.231 e. The lowest BCUT2D eigenvalue weighted by molar-refractivity contribution is -0.149. The Labute approximate surface area is 120 Å². The Balaban J connectivity index is 1.71. The molecule has 2 aliphatic heterocycles. The number of fused-ring (bicyclic) bond motifs is 1. The van der Waals surface area contributed by atoms with E-state index in [-0.39, 0.29) is 17.5 Å². The second-order valence-electron chi connectivity index (χ2n) is 6.95. The highest BCUT2D eigenvalue weighted by molar-refractivity contribution is 6.03. The maximum atomic E-state index is 12.3. The molecule has 0 N–H and O–H groups in total. The van der Waals surface area contributed by atoms with Gasteiger partial charge in [-0.3, -0.25) is 19.4 Å². The van der Waals surface area contributed by atoms with E-state index in [1.807, 2.05) is 0 Å². The number of likely N-dealkylation sites (tertiary alicyclic amines) is 2. The highest BCUT2D eigenvalue weighted by Crippen LogP contribution is 2.63. The molecule has 0 aromatic rings. The lowest BCUT2D eigenvalue weighted by Gasteiger charge is -2.37. The zero-order valence-electron chi connectivity index (χ0n) is 12.1. The van der Waals surface area contributed by atoms with Crippen LogP contribution in [0.15, 0.2) is 0 Å². The molecule has 2 saturated carbocycles. The van der Waals surface area contributed by atoms with Gasteiger partial charge in [0, 0.05) is 37.8 Å². The SMILES string of the molecule is O=C1CCC(=O)N1C1(N2CCCC2)C2CCCCCC21. The first kappa shape index (κ1) is 12.8. The number of hydrogen-bond donors (Lipinski definition) is 0. The minimum atomic E-state index is -0.193. The molecule has 4 nitrogen and oxygen atoms in total. The molecule has 0 spiro atoms. The number of carbonyl (C=O) groups excluding carboxylic acids is 2. The van der Waals surface area contributed by atoms with Crippen LogP contribution in [-0.2, 0) is 9.59 Å². The van der Waals surface area contributed by atoms with Gasteiger partial charge in [0.15, 0.2) is 0 Å². The molecule has 2 amide bonds. The Kier molecular flexibility index (Phi) is 2.92. The lowest BCUT2D eigenvalue weighted by Crippen LogP contribution is -2.55. The molecule has 0 radical (unpaired) electrons. The molecule has 110 valence electrons. The fourth-order valence-corrected chi connectivity index (χ4v) is 5.23. The van der Waals surface area contributed by atoms with Crippen molar-refractivity contribution in [2.24, 2.45) is 11.8 Å². The van der Waals surface area contributed by atoms with Crippen molar-refractivity contribution in [1.82, 2.24) is 9.80 Å². The van der Waals surface area contributed by atoms with Gasteiger partial charge >= 0.3 is 0 Å². The molecule has 2 saturated heterocycles. The van der Waals surface area contributed by atoms with Gasteiger partial charge in [-0.1, -0.05) is 19.3 Å². The molecule has 2 aliphatic carbocycles. The lowest BCUT2D eigenvalue weighted by atomic mass is 10.1. The molecular formula is C16H24N2O2. The summed E-state index contributed by atoms with van der Waals surface area (Å²) in [5, 5.41) is 0. The van der Waals surface area contributed by atoms with Crippen LogP contribution in [0.25, 0.3) is 0 Å². The number of hydrogen-bond acceptors (Lipinski definition) is 3. The highest BCUT2D eigenvalue weighted by Gasteiger charge is 2.72. The summed E-state index contributed by atoms with van der Waals surface area (Å²) in [6.45, 7) is 2.15. The van der Waals surface area contributed by atoms with Crippen molar-refractivity contribution < 1.29 is 9.59 Å². The Morgan fingerprint density at radius 3 is 1.90 bits per heavy atom. The van der Waals surface area contributed by atoms with Crippen molar-refractivity contribution >= 4 is 11.8 Å². The van der Waals surface area contributed by atoms with E-state index in [4.69, 9.17) is 0 Å². The molecule has 2 heterocycles. The van der Waals surface area contributed by atoms with E-state index in [2.05, 4.69) is 4.90 Å². The first-order valence-corrected chi connectivity index (χ1v) is 8.37. The first-order valence-electron chi connectivity index (χ1n) is 8.37. The third kappa shape index (κ3) is 1.57. The topological polar surface area (TPSA) is 40.6 Å². The summed E-state index contributed by atoms with van der Waals surface area (Å²) in [5.41, 5.74) is -0.193. The third-order valence-electron chi connectivity index (χ3n) is 6.02. The van der Waals surface area contributed by atoms with Gasteiger partial charge in [-0.15, -0.1) is 0 Å². The van der Waals surface area contributed by atoms with Gasteiger partial charge in [-0.05, 0) is 25.7 Å². The molecule has 0 aromatic heterocycles. The molecule has 0 bridgehead atoms. The van der Waals surface area contributed by atoms with Crippen LogP contribution in [0.2, 0.25) is 0 Å². The minimum Gasteiger partial charge on any atom is -0.280 e. The quantitative estimate of drug-likeness (QED) is 0.726. The van der Waals surface area contributed by atoms with E-state index in [1.165, 1.54) is 44.9 Å². The summed E-state index contributed by atoms with van der Waals surface area (Å²) >= 11 is 0. The standard InChI is InChI=1S/C16H24N2O2/c19-14-8-9-15(20)18(14)16(17-10-4-5-11-17)12-6-2-1-3-7-13(12)16/h12-13H,1-11H2. The minimum absolute atomic E-state index is 0.0926. The number of amides is 2. The average molecular weight is 276 g/mol. The van der Waals surface area contributed by atoms with E-state index in [9.17, 15) is 9.59 Å². The summed E-state index contributed by atoms with van der Waals surface area (Å²) in [6.07, 6.45) is 9.60. The van der Waals surface area contributed by atoms with Gasteiger partial charge in [0.05, 0.1) is 0 Å². The van der Waals surface area contributed by atoms with Crippen molar-refractivity contribution in [1.29, 1.82) is 0 Å². The van der Waals surface area contributed by atoms with Crippen LogP contribution in [-0.4, -0.2) is 40.4 Å². The van der Waals surface area contributed by atoms with E-state index in [0.717, 1.165) is 13.1 Å². The normalized spacial score (nSPS) is 41.9. The molecular weight excluding hydrogens is 252 g/mol. The monoisotopic (exact) mass is 276 g/mol. The molecule has 4 rings (SSSR count). The van der Waals surface area contributed by atoms with Crippen LogP contribution >= 0.6 is 0 Å². The second kappa shape index (κ2) is 4.55. The maximum absolute atomic E-state index is 12.3. The second-order valence-corrected chi connectivity index (χ2v) is 6.95. The number of nitrogens with zero attached hydrogens (tertiary/aromatic N) is 2. The molecule has 4 fully saturated rings. The Bertz CT molecular complexity index is 414. The highest BCUT2D eigenvalue weighted by atomic mass is 16.2. The molecule has 4 heteroatoms. The number of rotatable bonds is 2. The van der Waals surface area contributed by atoms with Gasteiger partial charge in [-0.25, -0.2) is 0 Å².